The van der Waals surface area contributed by atoms with Crippen molar-refractivity contribution in [3.63, 3.8) is 0 Å². The minimum Gasteiger partial charge on any atom is -0.490 e. The van der Waals surface area contributed by atoms with Crippen LogP contribution >= 0.6 is 0 Å². The smallest absolute Gasteiger partial charge is 0.224 e. The quantitative estimate of drug-likeness (QED) is 0.828. The van der Waals surface area contributed by atoms with Gasteiger partial charge >= 0.3 is 0 Å². The van der Waals surface area contributed by atoms with Gasteiger partial charge in [-0.2, -0.15) is 0 Å². The summed E-state index contributed by atoms with van der Waals surface area (Å²) in [6, 6.07) is 7.61. The summed E-state index contributed by atoms with van der Waals surface area (Å²) in [4.78, 5) is 11.6. The van der Waals surface area contributed by atoms with E-state index >= 15 is 0 Å². The Morgan fingerprint density at radius 3 is 2.89 bits per heavy atom. The third kappa shape index (κ3) is 4.56. The van der Waals surface area contributed by atoms with Crippen LogP contribution in [0, 0.1) is 0 Å². The number of carbonyl (C=O) groups excluding carboxylic acids is 1. The summed E-state index contributed by atoms with van der Waals surface area (Å²) < 4.78 is 5.91. The highest BCUT2D eigenvalue weighted by Gasteiger charge is 2.16. The van der Waals surface area contributed by atoms with E-state index in [-0.39, 0.29) is 5.91 Å². The summed E-state index contributed by atoms with van der Waals surface area (Å²) in [7, 11) is 0. The zero-order valence-corrected chi connectivity index (χ0v) is 11.2. The molecule has 1 amide bonds. The first kappa shape index (κ1) is 13.9. The Bertz CT molecular complexity index is 414. The Morgan fingerprint density at radius 2 is 2.16 bits per heavy atom. The summed E-state index contributed by atoms with van der Waals surface area (Å²) in [5.41, 5.74) is 6.18. The second kappa shape index (κ2) is 7.14. The molecule has 2 rings (SSSR count). The number of anilines is 1. The van der Waals surface area contributed by atoms with E-state index in [1.54, 1.807) is 0 Å². The molecule has 3 N–H and O–H groups in total. The van der Waals surface area contributed by atoms with E-state index < -0.39 is 0 Å². The molecule has 0 aromatic heterocycles. The van der Waals surface area contributed by atoms with Crippen LogP contribution in [0.15, 0.2) is 24.3 Å². The van der Waals surface area contributed by atoms with Gasteiger partial charge in [0.15, 0.2) is 0 Å². The highest BCUT2D eigenvalue weighted by atomic mass is 16.5. The van der Waals surface area contributed by atoms with E-state index in [9.17, 15) is 4.79 Å². The Labute approximate surface area is 114 Å². The number of ether oxygens (including phenoxy) is 1. The van der Waals surface area contributed by atoms with Crippen LogP contribution in [-0.2, 0) is 4.79 Å². The Hall–Kier alpha value is -1.55. The van der Waals surface area contributed by atoms with Gasteiger partial charge in [-0.3, -0.25) is 4.79 Å². The predicted molar refractivity (Wildman–Crippen MR) is 76.2 cm³/mol. The van der Waals surface area contributed by atoms with E-state index in [1.807, 2.05) is 24.3 Å². The SMILES string of the molecule is NCCCC(=O)Nc1cccc(OC2CCCC2)c1. The lowest BCUT2D eigenvalue weighted by molar-refractivity contribution is -0.116. The number of carbonyl (C=O) groups is 1. The number of nitrogens with two attached hydrogens (primary N) is 1. The lowest BCUT2D eigenvalue weighted by Gasteiger charge is -2.14. The number of hydrogen-bond acceptors (Lipinski definition) is 3. The summed E-state index contributed by atoms with van der Waals surface area (Å²) >= 11 is 0. The third-order valence-electron chi connectivity index (χ3n) is 3.33. The first-order chi connectivity index (χ1) is 9.28. The number of rotatable bonds is 6. The molecule has 4 nitrogen and oxygen atoms in total. The van der Waals surface area contributed by atoms with Crippen molar-refractivity contribution in [1.29, 1.82) is 0 Å². The average Bonchev–Trinajstić information content (AvgIpc) is 2.89. The minimum atomic E-state index is 0.00321. The fourth-order valence-corrected chi connectivity index (χ4v) is 2.33. The molecule has 1 aliphatic carbocycles. The standard InChI is InChI=1S/C15H22N2O2/c16-10-4-9-15(18)17-12-5-3-8-14(11-12)19-13-6-1-2-7-13/h3,5,8,11,13H,1-2,4,6-7,9-10,16H2,(H,17,18). The first-order valence-electron chi connectivity index (χ1n) is 7.04. The molecule has 1 fully saturated rings. The fourth-order valence-electron chi connectivity index (χ4n) is 2.33. The number of nitrogens with one attached hydrogen (secondary N) is 1. The van der Waals surface area contributed by atoms with Crippen LogP contribution in [0.5, 0.6) is 5.75 Å². The van der Waals surface area contributed by atoms with Crippen molar-refractivity contribution < 1.29 is 9.53 Å². The molecular weight excluding hydrogens is 240 g/mol. The highest BCUT2D eigenvalue weighted by molar-refractivity contribution is 5.90. The van der Waals surface area contributed by atoms with E-state index in [0.717, 1.165) is 24.3 Å². The molecule has 0 aliphatic heterocycles. The lowest BCUT2D eigenvalue weighted by Crippen LogP contribution is -2.14. The maximum atomic E-state index is 11.6. The van der Waals surface area contributed by atoms with Crippen molar-refractivity contribution in [1.82, 2.24) is 0 Å². The van der Waals surface area contributed by atoms with Crippen molar-refractivity contribution in [3.05, 3.63) is 24.3 Å². The zero-order chi connectivity index (χ0) is 13.5. The van der Waals surface area contributed by atoms with Crippen molar-refractivity contribution in [2.24, 2.45) is 5.73 Å². The molecule has 1 saturated carbocycles. The highest BCUT2D eigenvalue weighted by Crippen LogP contribution is 2.25. The molecule has 1 aromatic rings. The molecule has 0 atom stereocenters. The van der Waals surface area contributed by atoms with Gasteiger partial charge in [0.25, 0.3) is 0 Å². The molecule has 1 aliphatic rings. The van der Waals surface area contributed by atoms with E-state index in [1.165, 1.54) is 12.8 Å². The Morgan fingerprint density at radius 1 is 1.37 bits per heavy atom. The first-order valence-corrected chi connectivity index (χ1v) is 7.04. The van der Waals surface area contributed by atoms with E-state index in [4.69, 9.17) is 10.5 Å². The van der Waals surface area contributed by atoms with Crippen LogP contribution in [0.2, 0.25) is 0 Å². The maximum Gasteiger partial charge on any atom is 0.224 e. The zero-order valence-electron chi connectivity index (χ0n) is 11.2. The van der Waals surface area contributed by atoms with E-state index in [0.29, 0.717) is 25.5 Å². The van der Waals surface area contributed by atoms with Gasteiger partial charge in [0.1, 0.15) is 5.75 Å². The second-order valence-electron chi connectivity index (χ2n) is 4.99. The van der Waals surface area contributed by atoms with Crippen molar-refractivity contribution in [2.75, 3.05) is 11.9 Å². The summed E-state index contributed by atoms with van der Waals surface area (Å²) in [6.45, 7) is 0.540. The monoisotopic (exact) mass is 262 g/mol. The molecule has 19 heavy (non-hydrogen) atoms. The topological polar surface area (TPSA) is 64.4 Å². The molecular formula is C15H22N2O2. The number of hydrogen-bond donors (Lipinski definition) is 2. The van der Waals surface area contributed by atoms with Gasteiger partial charge in [-0.1, -0.05) is 6.07 Å². The van der Waals surface area contributed by atoms with Crippen LogP contribution in [0.25, 0.3) is 0 Å². The van der Waals surface area contributed by atoms with Gasteiger partial charge in [0.2, 0.25) is 5.91 Å². The number of benzene rings is 1. The van der Waals surface area contributed by atoms with Gasteiger partial charge in [0, 0.05) is 18.2 Å². The van der Waals surface area contributed by atoms with Crippen LogP contribution in [0.1, 0.15) is 38.5 Å². The Kier molecular flexibility index (Phi) is 5.21. The average molecular weight is 262 g/mol. The summed E-state index contributed by atoms with van der Waals surface area (Å²) in [5.74, 6) is 0.840. The third-order valence-corrected chi connectivity index (χ3v) is 3.33. The molecule has 4 heteroatoms. The van der Waals surface area contributed by atoms with Crippen LogP contribution < -0.4 is 15.8 Å². The maximum absolute atomic E-state index is 11.6. The van der Waals surface area contributed by atoms with Crippen molar-refractivity contribution >= 4 is 11.6 Å². The van der Waals surface area contributed by atoms with E-state index in [2.05, 4.69) is 5.32 Å². The Balaban J connectivity index is 1.88. The summed E-state index contributed by atoms with van der Waals surface area (Å²) in [6.07, 6.45) is 6.28. The molecule has 0 saturated heterocycles. The molecule has 104 valence electrons. The predicted octanol–water partition coefficient (Wildman–Crippen LogP) is 2.69. The molecule has 0 radical (unpaired) electrons. The van der Waals surface area contributed by atoms with Gasteiger partial charge < -0.3 is 15.8 Å². The van der Waals surface area contributed by atoms with Crippen molar-refractivity contribution in [3.8, 4) is 5.75 Å². The normalized spacial score (nSPS) is 15.4. The minimum absolute atomic E-state index is 0.00321. The fraction of sp³-hybridized carbons (Fsp3) is 0.533. The molecule has 0 spiro atoms. The van der Waals surface area contributed by atoms with Crippen molar-refractivity contribution in [2.45, 2.75) is 44.6 Å². The van der Waals surface area contributed by atoms with Crippen LogP contribution in [0.4, 0.5) is 5.69 Å². The second-order valence-corrected chi connectivity index (χ2v) is 4.99. The summed E-state index contributed by atoms with van der Waals surface area (Å²) in [5, 5.41) is 2.87. The number of amides is 1. The van der Waals surface area contributed by atoms with Crippen LogP contribution in [0.3, 0.4) is 0 Å². The van der Waals surface area contributed by atoms with Gasteiger partial charge in [-0.15, -0.1) is 0 Å². The molecule has 0 unspecified atom stereocenters. The molecule has 1 aromatic carbocycles. The van der Waals surface area contributed by atoms with Gasteiger partial charge in [-0.05, 0) is 50.8 Å². The van der Waals surface area contributed by atoms with Gasteiger partial charge in [-0.25, -0.2) is 0 Å². The van der Waals surface area contributed by atoms with Crippen LogP contribution in [-0.4, -0.2) is 18.6 Å². The molecule has 0 bridgehead atoms. The van der Waals surface area contributed by atoms with Gasteiger partial charge in [0.05, 0.1) is 6.10 Å². The largest absolute Gasteiger partial charge is 0.490 e. The molecule has 0 heterocycles. The lowest BCUT2D eigenvalue weighted by atomic mass is 10.2.